The van der Waals surface area contributed by atoms with Gasteiger partial charge in [-0.05, 0) is 0 Å². The molecular weight excluding hydrogens is 282 g/mol. The Kier molecular flexibility index (Phi) is 4.42. The average molecular weight is 294 g/mol. The van der Waals surface area contributed by atoms with Gasteiger partial charge in [0.05, 0.1) is 19.9 Å². The fraction of sp³-hybridized carbons (Fsp3) is 0.300. The van der Waals surface area contributed by atoms with E-state index in [1.54, 1.807) is 0 Å². The van der Waals surface area contributed by atoms with Crippen LogP contribution in [0.4, 0.5) is 5.69 Å². The van der Waals surface area contributed by atoms with Gasteiger partial charge in [0, 0.05) is 29.7 Å². The molecule has 0 saturated carbocycles. The topological polar surface area (TPSA) is 81.7 Å². The fourth-order valence-electron chi connectivity index (χ4n) is 1.35. The van der Waals surface area contributed by atoms with Gasteiger partial charge in [0.25, 0.3) is 9.05 Å². The molecule has 0 radical (unpaired) electrons. The van der Waals surface area contributed by atoms with E-state index in [2.05, 4.69) is 5.32 Å². The largest absolute Gasteiger partial charge is 0.495 e. The van der Waals surface area contributed by atoms with Gasteiger partial charge in [0.15, 0.2) is 0 Å². The number of hydrogen-bond donors (Lipinski definition) is 1. The van der Waals surface area contributed by atoms with Crippen molar-refractivity contribution in [1.29, 1.82) is 0 Å². The van der Waals surface area contributed by atoms with E-state index in [0.717, 1.165) is 0 Å². The van der Waals surface area contributed by atoms with Crippen LogP contribution >= 0.6 is 10.7 Å². The van der Waals surface area contributed by atoms with Crippen LogP contribution in [0.1, 0.15) is 6.92 Å². The van der Waals surface area contributed by atoms with Gasteiger partial charge in [-0.25, -0.2) is 8.42 Å². The van der Waals surface area contributed by atoms with Gasteiger partial charge in [-0.1, -0.05) is 0 Å². The van der Waals surface area contributed by atoms with Crippen molar-refractivity contribution < 1.29 is 22.7 Å². The van der Waals surface area contributed by atoms with Gasteiger partial charge in [-0.3, -0.25) is 4.79 Å². The van der Waals surface area contributed by atoms with Gasteiger partial charge < -0.3 is 14.8 Å². The molecule has 0 bridgehead atoms. The monoisotopic (exact) mass is 293 g/mol. The fourth-order valence-corrected chi connectivity index (χ4v) is 2.34. The van der Waals surface area contributed by atoms with Crippen LogP contribution in [0.3, 0.4) is 0 Å². The van der Waals surface area contributed by atoms with E-state index in [1.165, 1.54) is 33.3 Å². The first-order valence-electron chi connectivity index (χ1n) is 4.78. The zero-order valence-corrected chi connectivity index (χ0v) is 11.6. The Labute approximate surface area is 109 Å². The Bertz CT molecular complexity index is 570. The summed E-state index contributed by atoms with van der Waals surface area (Å²) in [5, 5.41) is 2.50. The zero-order valence-electron chi connectivity index (χ0n) is 9.98. The van der Waals surface area contributed by atoms with Crippen LogP contribution in [0.5, 0.6) is 11.5 Å². The molecule has 1 N–H and O–H groups in total. The van der Waals surface area contributed by atoms with Crippen LogP contribution in [0, 0.1) is 0 Å². The van der Waals surface area contributed by atoms with Gasteiger partial charge in [0.1, 0.15) is 16.4 Å². The van der Waals surface area contributed by atoms with Crippen molar-refractivity contribution >= 4 is 31.3 Å². The molecule has 0 spiro atoms. The summed E-state index contributed by atoms with van der Waals surface area (Å²) >= 11 is 0. The maximum atomic E-state index is 11.4. The molecule has 0 unspecified atom stereocenters. The second-order valence-electron chi connectivity index (χ2n) is 3.32. The van der Waals surface area contributed by atoms with Gasteiger partial charge in [0.2, 0.25) is 5.91 Å². The molecule has 0 saturated heterocycles. The van der Waals surface area contributed by atoms with Crippen LogP contribution in [-0.2, 0) is 13.8 Å². The molecule has 1 rings (SSSR count). The lowest BCUT2D eigenvalue weighted by Gasteiger charge is -2.13. The standard InChI is InChI=1S/C10H12ClNO5S/c1-6(13)12-7-4-9(17-3)10(18(11,14)15)5-8(7)16-2/h4-5H,1-3H3,(H,12,13). The van der Waals surface area contributed by atoms with Crippen LogP contribution < -0.4 is 14.8 Å². The maximum Gasteiger partial charge on any atom is 0.265 e. The van der Waals surface area contributed by atoms with E-state index in [-0.39, 0.29) is 22.3 Å². The second kappa shape index (κ2) is 5.45. The highest BCUT2D eigenvalue weighted by Crippen LogP contribution is 2.36. The minimum absolute atomic E-state index is 0.0227. The predicted molar refractivity (Wildman–Crippen MR) is 66.9 cm³/mol. The molecule has 0 aliphatic rings. The number of rotatable bonds is 4. The highest BCUT2D eigenvalue weighted by Gasteiger charge is 2.20. The maximum absolute atomic E-state index is 11.4. The van der Waals surface area contributed by atoms with Crippen molar-refractivity contribution in [3.8, 4) is 11.5 Å². The Balaban J connectivity index is 3.46. The number of carbonyl (C=O) groups is 1. The summed E-state index contributed by atoms with van der Waals surface area (Å²) < 4.78 is 32.6. The third kappa shape index (κ3) is 3.27. The molecule has 0 fully saturated rings. The second-order valence-corrected chi connectivity index (χ2v) is 5.86. The van der Waals surface area contributed by atoms with E-state index in [4.69, 9.17) is 20.2 Å². The van der Waals surface area contributed by atoms with Crippen LogP contribution in [0.25, 0.3) is 0 Å². The lowest BCUT2D eigenvalue weighted by atomic mass is 10.2. The highest BCUT2D eigenvalue weighted by atomic mass is 35.7. The minimum Gasteiger partial charge on any atom is -0.495 e. The molecule has 8 heteroatoms. The Morgan fingerprint density at radius 2 is 1.78 bits per heavy atom. The van der Waals surface area contributed by atoms with E-state index in [0.29, 0.717) is 5.69 Å². The van der Waals surface area contributed by atoms with Crippen LogP contribution in [0.15, 0.2) is 17.0 Å². The molecular formula is C10H12ClNO5S. The lowest BCUT2D eigenvalue weighted by molar-refractivity contribution is -0.114. The molecule has 18 heavy (non-hydrogen) atoms. The van der Waals surface area contributed by atoms with Gasteiger partial charge in [-0.2, -0.15) is 0 Å². The summed E-state index contributed by atoms with van der Waals surface area (Å²) in [5.74, 6) is -0.128. The number of amides is 1. The first kappa shape index (κ1) is 14.6. The highest BCUT2D eigenvalue weighted by molar-refractivity contribution is 8.13. The number of halogens is 1. The Morgan fingerprint density at radius 1 is 1.22 bits per heavy atom. The molecule has 0 atom stereocenters. The molecule has 1 aromatic carbocycles. The zero-order chi connectivity index (χ0) is 13.9. The molecule has 0 aromatic heterocycles. The van der Waals surface area contributed by atoms with Crippen LogP contribution in [-0.4, -0.2) is 28.5 Å². The van der Waals surface area contributed by atoms with E-state index in [1.807, 2.05) is 0 Å². The summed E-state index contributed by atoms with van der Waals surface area (Å²) in [5.41, 5.74) is 0.297. The number of methoxy groups -OCH3 is 2. The number of ether oxygens (including phenoxy) is 2. The lowest BCUT2D eigenvalue weighted by Crippen LogP contribution is -2.08. The van der Waals surface area contributed by atoms with Crippen molar-refractivity contribution in [2.75, 3.05) is 19.5 Å². The molecule has 0 heterocycles. The number of benzene rings is 1. The average Bonchev–Trinajstić information content (AvgIpc) is 2.26. The van der Waals surface area contributed by atoms with Crippen molar-refractivity contribution in [2.24, 2.45) is 0 Å². The summed E-state index contributed by atoms with van der Waals surface area (Å²) in [4.78, 5) is 10.8. The molecule has 0 aliphatic heterocycles. The number of carbonyl (C=O) groups excluding carboxylic acids is 1. The van der Waals surface area contributed by atoms with Crippen molar-refractivity contribution in [3.05, 3.63) is 12.1 Å². The summed E-state index contributed by atoms with van der Waals surface area (Å²) in [7, 11) is 3.95. The molecule has 1 amide bonds. The van der Waals surface area contributed by atoms with Crippen LogP contribution in [0.2, 0.25) is 0 Å². The third-order valence-electron chi connectivity index (χ3n) is 2.06. The quantitative estimate of drug-likeness (QED) is 0.853. The predicted octanol–water partition coefficient (Wildman–Crippen LogP) is 1.59. The molecule has 6 nitrogen and oxygen atoms in total. The van der Waals surface area contributed by atoms with Crippen molar-refractivity contribution in [3.63, 3.8) is 0 Å². The third-order valence-corrected chi connectivity index (χ3v) is 3.40. The van der Waals surface area contributed by atoms with Gasteiger partial charge in [-0.15, -0.1) is 0 Å². The Morgan fingerprint density at radius 3 is 2.17 bits per heavy atom. The number of nitrogens with one attached hydrogen (secondary N) is 1. The van der Waals surface area contributed by atoms with Crippen molar-refractivity contribution in [2.45, 2.75) is 11.8 Å². The number of anilines is 1. The molecule has 1 aromatic rings. The summed E-state index contributed by atoms with van der Waals surface area (Å²) in [6, 6.07) is 2.52. The summed E-state index contributed by atoms with van der Waals surface area (Å²) in [6.45, 7) is 1.32. The SMILES string of the molecule is COc1cc(S(=O)(=O)Cl)c(OC)cc1NC(C)=O. The van der Waals surface area contributed by atoms with E-state index >= 15 is 0 Å². The Hall–Kier alpha value is -1.47. The first-order chi connectivity index (χ1) is 8.29. The normalized spacial score (nSPS) is 10.9. The summed E-state index contributed by atoms with van der Waals surface area (Å²) in [6.07, 6.45) is 0. The molecule has 100 valence electrons. The number of hydrogen-bond acceptors (Lipinski definition) is 5. The first-order valence-corrected chi connectivity index (χ1v) is 7.08. The van der Waals surface area contributed by atoms with Crippen molar-refractivity contribution in [1.82, 2.24) is 0 Å². The minimum atomic E-state index is -3.97. The van der Waals surface area contributed by atoms with E-state index < -0.39 is 9.05 Å². The van der Waals surface area contributed by atoms with E-state index in [9.17, 15) is 13.2 Å². The molecule has 0 aliphatic carbocycles. The smallest absolute Gasteiger partial charge is 0.265 e. The van der Waals surface area contributed by atoms with Gasteiger partial charge >= 0.3 is 0 Å².